The van der Waals surface area contributed by atoms with Crippen LogP contribution in [0.3, 0.4) is 0 Å². The Labute approximate surface area is 101 Å². The molecule has 1 heterocycles. The number of benzene rings is 1. The maximum Gasteiger partial charge on any atom is 0.190 e. The van der Waals surface area contributed by atoms with Gasteiger partial charge >= 0.3 is 0 Å². The van der Waals surface area contributed by atoms with Gasteiger partial charge in [-0.05, 0) is 39.5 Å². The lowest BCUT2D eigenvalue weighted by molar-refractivity contribution is 0.458. The van der Waals surface area contributed by atoms with Gasteiger partial charge in [0.25, 0.3) is 0 Å². The van der Waals surface area contributed by atoms with Gasteiger partial charge in [0, 0.05) is 6.07 Å². The second-order valence-corrected chi connectivity index (χ2v) is 7.63. The molecule has 0 saturated heterocycles. The van der Waals surface area contributed by atoms with E-state index in [1.165, 1.54) is 6.07 Å². The third kappa shape index (κ3) is 1.91. The van der Waals surface area contributed by atoms with Crippen molar-refractivity contribution >= 4 is 15.5 Å². The summed E-state index contributed by atoms with van der Waals surface area (Å²) in [5.41, 5.74) is 0.739. The van der Waals surface area contributed by atoms with Gasteiger partial charge in [-0.3, -0.25) is 0 Å². The fourth-order valence-electron chi connectivity index (χ4n) is 1.52. The van der Waals surface area contributed by atoms with E-state index < -0.39 is 14.6 Å². The van der Waals surface area contributed by atoms with Crippen LogP contribution >= 0.6 is 0 Å². The van der Waals surface area contributed by atoms with Crippen LogP contribution in [0.25, 0.3) is 0 Å². The maximum absolute atomic E-state index is 12.2. The van der Waals surface area contributed by atoms with Crippen LogP contribution in [0, 0.1) is 0 Å². The van der Waals surface area contributed by atoms with Crippen molar-refractivity contribution < 1.29 is 13.2 Å². The van der Waals surface area contributed by atoms with E-state index in [0.717, 1.165) is 5.69 Å². The number of hydrogen-bond donors (Lipinski definition) is 1. The highest BCUT2D eigenvalue weighted by Crippen LogP contribution is 2.36. The molecule has 1 aromatic rings. The van der Waals surface area contributed by atoms with Crippen molar-refractivity contribution in [3.8, 4) is 5.75 Å². The summed E-state index contributed by atoms with van der Waals surface area (Å²) in [4.78, 5) is 0.264. The van der Waals surface area contributed by atoms with Gasteiger partial charge in [0.05, 0.1) is 15.3 Å². The summed E-state index contributed by atoms with van der Waals surface area (Å²) in [5, 5.41) is 2.90. The fraction of sp³-hybridized carbons (Fsp3) is 0.333. The van der Waals surface area contributed by atoms with Crippen LogP contribution in [0.15, 0.2) is 35.6 Å². The molecule has 0 bridgehead atoms. The molecule has 0 atom stereocenters. The first-order valence-corrected chi connectivity index (χ1v) is 6.72. The second kappa shape index (κ2) is 3.50. The molecule has 0 spiro atoms. The van der Waals surface area contributed by atoms with Gasteiger partial charge in [0.1, 0.15) is 0 Å². The Kier molecular flexibility index (Phi) is 2.47. The molecule has 0 amide bonds. The predicted octanol–water partition coefficient (Wildman–Crippen LogP) is 2.53. The molecule has 0 aromatic heterocycles. The first-order valence-electron chi connectivity index (χ1n) is 5.24. The first-order chi connectivity index (χ1) is 7.72. The monoisotopic (exact) mass is 253 g/mol. The van der Waals surface area contributed by atoms with E-state index in [9.17, 15) is 8.42 Å². The standard InChI is InChI=1S/C12H15NO3S/c1-8-13-10-6-5-9(7-11(10)16-8)17(14,15)12(2,3)4/h5-7,13H,1H2,2-4H3. The molecule has 2 rings (SSSR count). The second-order valence-electron chi connectivity index (χ2n) is 4.92. The van der Waals surface area contributed by atoms with Crippen molar-refractivity contribution in [2.24, 2.45) is 0 Å². The molecule has 1 aliphatic heterocycles. The quantitative estimate of drug-likeness (QED) is 0.835. The summed E-state index contributed by atoms with van der Waals surface area (Å²) in [6, 6.07) is 4.79. The zero-order valence-electron chi connectivity index (χ0n) is 10.1. The van der Waals surface area contributed by atoms with Crippen molar-refractivity contribution in [2.75, 3.05) is 5.32 Å². The molecular weight excluding hydrogens is 238 g/mol. The van der Waals surface area contributed by atoms with Crippen LogP contribution in [-0.4, -0.2) is 13.2 Å². The van der Waals surface area contributed by atoms with E-state index in [0.29, 0.717) is 11.6 Å². The summed E-state index contributed by atoms with van der Waals surface area (Å²) >= 11 is 0. The Morgan fingerprint density at radius 1 is 1.29 bits per heavy atom. The molecule has 4 nitrogen and oxygen atoms in total. The molecule has 92 valence electrons. The van der Waals surface area contributed by atoms with E-state index in [-0.39, 0.29) is 4.90 Å². The number of fused-ring (bicyclic) bond motifs is 1. The summed E-state index contributed by atoms with van der Waals surface area (Å²) in [6.45, 7) is 8.65. The zero-order chi connectivity index (χ0) is 12.8. The molecule has 0 saturated carbocycles. The minimum atomic E-state index is -3.35. The van der Waals surface area contributed by atoms with Gasteiger partial charge in [-0.2, -0.15) is 0 Å². The lowest BCUT2D eigenvalue weighted by Gasteiger charge is -2.19. The number of sulfone groups is 1. The molecule has 1 N–H and O–H groups in total. The Balaban J connectivity index is 2.51. The average molecular weight is 253 g/mol. The Hall–Kier alpha value is -1.49. The van der Waals surface area contributed by atoms with Crippen molar-refractivity contribution in [1.29, 1.82) is 0 Å². The maximum atomic E-state index is 12.2. The Bertz CT molecular complexity index is 582. The van der Waals surface area contributed by atoms with Crippen LogP contribution in [-0.2, 0) is 9.84 Å². The SMILES string of the molecule is C=C1Nc2ccc(S(=O)(=O)C(C)(C)C)cc2O1. The van der Waals surface area contributed by atoms with Crippen LogP contribution in [0.4, 0.5) is 5.69 Å². The van der Waals surface area contributed by atoms with Gasteiger partial charge in [0.15, 0.2) is 21.5 Å². The van der Waals surface area contributed by atoms with Crippen molar-refractivity contribution in [3.05, 3.63) is 30.7 Å². The minimum Gasteiger partial charge on any atom is -0.439 e. The molecule has 1 aromatic carbocycles. The molecule has 0 unspecified atom stereocenters. The topological polar surface area (TPSA) is 55.4 Å². The molecule has 5 heteroatoms. The normalized spacial score (nSPS) is 15.1. The number of anilines is 1. The van der Waals surface area contributed by atoms with E-state index in [4.69, 9.17) is 4.74 Å². The number of rotatable bonds is 1. The largest absolute Gasteiger partial charge is 0.439 e. The number of nitrogens with one attached hydrogen (secondary N) is 1. The van der Waals surface area contributed by atoms with Crippen LogP contribution in [0.2, 0.25) is 0 Å². The van der Waals surface area contributed by atoms with E-state index in [1.54, 1.807) is 32.9 Å². The van der Waals surface area contributed by atoms with Crippen molar-refractivity contribution in [2.45, 2.75) is 30.4 Å². The van der Waals surface area contributed by atoms with Crippen LogP contribution < -0.4 is 10.1 Å². The highest BCUT2D eigenvalue weighted by Gasteiger charge is 2.32. The molecule has 1 aliphatic rings. The molecule has 0 aliphatic carbocycles. The highest BCUT2D eigenvalue weighted by molar-refractivity contribution is 7.92. The van der Waals surface area contributed by atoms with Crippen LogP contribution in [0.5, 0.6) is 5.75 Å². The fourth-order valence-corrected chi connectivity index (χ4v) is 2.74. The molecule has 0 fully saturated rings. The molecule has 17 heavy (non-hydrogen) atoms. The lowest BCUT2D eigenvalue weighted by atomic mass is 10.3. The smallest absolute Gasteiger partial charge is 0.190 e. The van der Waals surface area contributed by atoms with E-state index in [1.807, 2.05) is 0 Å². The average Bonchev–Trinajstić information content (AvgIpc) is 2.54. The summed E-state index contributed by atoms with van der Waals surface area (Å²) in [5.74, 6) is 0.908. The number of ether oxygens (including phenoxy) is 1. The van der Waals surface area contributed by atoms with Gasteiger partial charge < -0.3 is 10.1 Å². The lowest BCUT2D eigenvalue weighted by Crippen LogP contribution is -2.27. The van der Waals surface area contributed by atoms with E-state index in [2.05, 4.69) is 11.9 Å². The van der Waals surface area contributed by atoms with Crippen molar-refractivity contribution in [1.82, 2.24) is 0 Å². The third-order valence-electron chi connectivity index (χ3n) is 2.58. The molecule has 0 radical (unpaired) electrons. The van der Waals surface area contributed by atoms with Crippen LogP contribution in [0.1, 0.15) is 20.8 Å². The first kappa shape index (κ1) is 12.0. The van der Waals surface area contributed by atoms with Gasteiger partial charge in [0.2, 0.25) is 0 Å². The zero-order valence-corrected chi connectivity index (χ0v) is 10.9. The van der Waals surface area contributed by atoms with Gasteiger partial charge in [-0.15, -0.1) is 0 Å². The molecular formula is C12H15NO3S. The van der Waals surface area contributed by atoms with E-state index >= 15 is 0 Å². The minimum absolute atomic E-state index is 0.264. The van der Waals surface area contributed by atoms with Gasteiger partial charge in [-0.1, -0.05) is 0 Å². The summed E-state index contributed by atoms with van der Waals surface area (Å²) < 4.78 is 28.9. The Morgan fingerprint density at radius 2 is 1.94 bits per heavy atom. The Morgan fingerprint density at radius 3 is 2.53 bits per heavy atom. The number of hydrogen-bond acceptors (Lipinski definition) is 4. The third-order valence-corrected chi connectivity index (χ3v) is 5.06. The summed E-state index contributed by atoms with van der Waals surface area (Å²) in [6.07, 6.45) is 0. The predicted molar refractivity (Wildman–Crippen MR) is 66.8 cm³/mol. The van der Waals surface area contributed by atoms with Gasteiger partial charge in [-0.25, -0.2) is 8.42 Å². The summed E-state index contributed by atoms with van der Waals surface area (Å²) in [7, 11) is -3.35. The van der Waals surface area contributed by atoms with Crippen molar-refractivity contribution in [3.63, 3.8) is 0 Å². The highest BCUT2D eigenvalue weighted by atomic mass is 32.2.